The summed E-state index contributed by atoms with van der Waals surface area (Å²) in [5.74, 6) is 0.0572. The Hall–Kier alpha value is -1.43. The minimum Gasteiger partial charge on any atom is -0.380 e. The average Bonchev–Trinajstić information content (AvgIpc) is 3.09. The van der Waals surface area contributed by atoms with Gasteiger partial charge in [-0.25, -0.2) is 0 Å². The van der Waals surface area contributed by atoms with E-state index < -0.39 is 0 Å². The number of likely N-dealkylation sites (tertiary alicyclic amines) is 1. The SMILES string of the molecule is COCc1cccc(C(=O)N2CCCCC2C2OCCO2)c1. The smallest absolute Gasteiger partial charge is 0.254 e. The molecular weight excluding hydrogens is 282 g/mol. The largest absolute Gasteiger partial charge is 0.380 e. The highest BCUT2D eigenvalue weighted by atomic mass is 16.7. The molecule has 3 rings (SSSR count). The topological polar surface area (TPSA) is 48.0 Å². The van der Waals surface area contributed by atoms with Crippen molar-refractivity contribution in [2.75, 3.05) is 26.9 Å². The summed E-state index contributed by atoms with van der Waals surface area (Å²) in [6.45, 7) is 2.51. The van der Waals surface area contributed by atoms with Crippen LogP contribution in [-0.2, 0) is 20.8 Å². The van der Waals surface area contributed by atoms with E-state index in [1.807, 2.05) is 29.2 Å². The Labute approximate surface area is 131 Å². The molecule has 0 N–H and O–H groups in total. The Bertz CT molecular complexity index is 513. The lowest BCUT2D eigenvalue weighted by atomic mass is 9.99. The maximum absolute atomic E-state index is 12.9. The van der Waals surface area contributed by atoms with Crippen LogP contribution >= 0.6 is 0 Å². The molecule has 1 amide bonds. The van der Waals surface area contributed by atoms with E-state index in [9.17, 15) is 4.79 Å². The molecule has 5 heteroatoms. The van der Waals surface area contributed by atoms with Crippen LogP contribution in [0.25, 0.3) is 0 Å². The lowest BCUT2D eigenvalue weighted by Crippen LogP contribution is -2.50. The number of hydrogen-bond acceptors (Lipinski definition) is 4. The van der Waals surface area contributed by atoms with Gasteiger partial charge in [0.2, 0.25) is 0 Å². The Morgan fingerprint density at radius 2 is 2.14 bits per heavy atom. The highest BCUT2D eigenvalue weighted by Gasteiger charge is 2.36. The highest BCUT2D eigenvalue weighted by molar-refractivity contribution is 5.94. The Morgan fingerprint density at radius 1 is 1.32 bits per heavy atom. The fourth-order valence-corrected chi connectivity index (χ4v) is 3.22. The van der Waals surface area contributed by atoms with Gasteiger partial charge in [0.15, 0.2) is 6.29 Å². The molecule has 2 aliphatic heterocycles. The van der Waals surface area contributed by atoms with Gasteiger partial charge in [-0.05, 0) is 37.0 Å². The predicted molar refractivity (Wildman–Crippen MR) is 81.5 cm³/mol. The lowest BCUT2D eigenvalue weighted by Gasteiger charge is -2.38. The van der Waals surface area contributed by atoms with Crippen molar-refractivity contribution in [3.05, 3.63) is 35.4 Å². The van der Waals surface area contributed by atoms with Crippen LogP contribution in [0.3, 0.4) is 0 Å². The standard InChI is InChI=1S/C17H23NO4/c1-20-12-13-5-4-6-14(11-13)16(19)18-8-3-2-7-15(18)17-21-9-10-22-17/h4-6,11,15,17H,2-3,7-10,12H2,1H3. The number of piperidine rings is 1. The molecular formula is C17H23NO4. The van der Waals surface area contributed by atoms with Crippen LogP contribution in [0.2, 0.25) is 0 Å². The maximum Gasteiger partial charge on any atom is 0.254 e. The van der Waals surface area contributed by atoms with E-state index in [1.165, 1.54) is 0 Å². The summed E-state index contributed by atoms with van der Waals surface area (Å²) >= 11 is 0. The Kier molecular flexibility index (Phi) is 5.08. The van der Waals surface area contributed by atoms with Crippen LogP contribution in [0, 0.1) is 0 Å². The summed E-state index contributed by atoms with van der Waals surface area (Å²) in [6.07, 6.45) is 2.81. The fourth-order valence-electron chi connectivity index (χ4n) is 3.22. The van der Waals surface area contributed by atoms with Gasteiger partial charge in [0.05, 0.1) is 25.9 Å². The van der Waals surface area contributed by atoms with Gasteiger partial charge in [0, 0.05) is 19.2 Å². The number of nitrogens with zero attached hydrogens (tertiary/aromatic N) is 1. The van der Waals surface area contributed by atoms with E-state index in [0.717, 1.165) is 31.4 Å². The second-order valence-electron chi connectivity index (χ2n) is 5.81. The predicted octanol–water partition coefficient (Wildman–Crippen LogP) is 2.20. The minimum absolute atomic E-state index is 0.0230. The number of hydrogen-bond donors (Lipinski definition) is 0. The molecule has 2 heterocycles. The number of rotatable bonds is 4. The molecule has 1 atom stereocenters. The van der Waals surface area contributed by atoms with Gasteiger partial charge in [-0.15, -0.1) is 0 Å². The van der Waals surface area contributed by atoms with Crippen LogP contribution in [0.4, 0.5) is 0 Å². The summed E-state index contributed by atoms with van der Waals surface area (Å²) < 4.78 is 16.4. The van der Waals surface area contributed by atoms with Crippen molar-refractivity contribution in [2.24, 2.45) is 0 Å². The molecule has 2 saturated heterocycles. The van der Waals surface area contributed by atoms with Crippen LogP contribution in [-0.4, -0.2) is 50.0 Å². The molecule has 0 aliphatic carbocycles. The van der Waals surface area contributed by atoms with Crippen molar-refractivity contribution in [1.29, 1.82) is 0 Å². The van der Waals surface area contributed by atoms with Gasteiger partial charge in [-0.2, -0.15) is 0 Å². The van der Waals surface area contributed by atoms with Gasteiger partial charge in [-0.1, -0.05) is 12.1 Å². The zero-order chi connectivity index (χ0) is 15.4. The number of benzene rings is 1. The molecule has 120 valence electrons. The second-order valence-corrected chi connectivity index (χ2v) is 5.81. The summed E-state index contributed by atoms with van der Waals surface area (Å²) in [6, 6.07) is 7.67. The third-order valence-corrected chi connectivity index (χ3v) is 4.26. The zero-order valence-corrected chi connectivity index (χ0v) is 13.0. The molecule has 5 nitrogen and oxygen atoms in total. The number of methoxy groups -OCH3 is 1. The second kappa shape index (κ2) is 7.22. The summed E-state index contributed by atoms with van der Waals surface area (Å²) in [4.78, 5) is 14.8. The van der Waals surface area contributed by atoms with Crippen molar-refractivity contribution in [3.8, 4) is 0 Å². The van der Waals surface area contributed by atoms with E-state index >= 15 is 0 Å². The van der Waals surface area contributed by atoms with E-state index in [-0.39, 0.29) is 18.2 Å². The maximum atomic E-state index is 12.9. The molecule has 0 aromatic heterocycles. The number of amides is 1. The van der Waals surface area contributed by atoms with Crippen molar-refractivity contribution < 1.29 is 19.0 Å². The van der Waals surface area contributed by atoms with Crippen molar-refractivity contribution >= 4 is 5.91 Å². The van der Waals surface area contributed by atoms with Crippen molar-refractivity contribution in [3.63, 3.8) is 0 Å². The third kappa shape index (κ3) is 3.32. The van der Waals surface area contributed by atoms with Crippen LogP contribution in [0.15, 0.2) is 24.3 Å². The van der Waals surface area contributed by atoms with E-state index in [1.54, 1.807) is 7.11 Å². The first-order valence-electron chi connectivity index (χ1n) is 7.91. The van der Waals surface area contributed by atoms with Gasteiger partial charge in [-0.3, -0.25) is 4.79 Å². The van der Waals surface area contributed by atoms with Crippen LogP contribution in [0.1, 0.15) is 35.2 Å². The summed E-state index contributed by atoms with van der Waals surface area (Å²) in [5.41, 5.74) is 1.72. The van der Waals surface area contributed by atoms with Crippen molar-refractivity contribution in [2.45, 2.75) is 38.2 Å². The minimum atomic E-state index is -0.272. The molecule has 2 aliphatic rings. The molecule has 1 aromatic carbocycles. The number of carbonyl (C=O) groups excluding carboxylic acids is 1. The van der Waals surface area contributed by atoms with Gasteiger partial charge < -0.3 is 19.1 Å². The first-order chi connectivity index (χ1) is 10.8. The average molecular weight is 305 g/mol. The summed E-state index contributed by atoms with van der Waals surface area (Å²) in [5, 5.41) is 0. The van der Waals surface area contributed by atoms with Gasteiger partial charge in [0.25, 0.3) is 5.91 Å². The van der Waals surface area contributed by atoms with E-state index in [0.29, 0.717) is 25.4 Å². The van der Waals surface area contributed by atoms with E-state index in [4.69, 9.17) is 14.2 Å². The molecule has 0 bridgehead atoms. The molecule has 0 radical (unpaired) electrons. The first kappa shape index (κ1) is 15.5. The zero-order valence-electron chi connectivity index (χ0n) is 13.0. The highest BCUT2D eigenvalue weighted by Crippen LogP contribution is 2.26. The quantitative estimate of drug-likeness (QED) is 0.855. The normalized spacial score (nSPS) is 23.0. The Morgan fingerprint density at radius 3 is 2.91 bits per heavy atom. The first-order valence-corrected chi connectivity index (χ1v) is 7.91. The Balaban J connectivity index is 1.77. The molecule has 1 aromatic rings. The van der Waals surface area contributed by atoms with Crippen LogP contribution in [0.5, 0.6) is 0 Å². The molecule has 0 saturated carbocycles. The van der Waals surface area contributed by atoms with Gasteiger partial charge in [0.1, 0.15) is 0 Å². The summed E-state index contributed by atoms with van der Waals surface area (Å²) in [7, 11) is 1.66. The number of carbonyl (C=O) groups is 1. The fraction of sp³-hybridized carbons (Fsp3) is 0.588. The van der Waals surface area contributed by atoms with Gasteiger partial charge >= 0.3 is 0 Å². The third-order valence-electron chi connectivity index (χ3n) is 4.26. The van der Waals surface area contributed by atoms with Crippen molar-refractivity contribution in [1.82, 2.24) is 4.90 Å². The lowest BCUT2D eigenvalue weighted by molar-refractivity contribution is -0.100. The van der Waals surface area contributed by atoms with E-state index in [2.05, 4.69) is 0 Å². The monoisotopic (exact) mass is 305 g/mol. The molecule has 1 unspecified atom stereocenters. The van der Waals surface area contributed by atoms with Crippen LogP contribution < -0.4 is 0 Å². The molecule has 22 heavy (non-hydrogen) atoms. The number of ether oxygens (including phenoxy) is 3. The molecule has 2 fully saturated rings. The molecule has 0 spiro atoms.